The molecule has 2 fully saturated rings. The topological polar surface area (TPSA) is 130 Å². The monoisotopic (exact) mass is 785 g/mol. The van der Waals surface area contributed by atoms with E-state index in [2.05, 4.69) is 57.8 Å². The molecule has 1 atom stereocenters. The number of carbonyl (C=O) groups is 2. The fourth-order valence-electron chi connectivity index (χ4n) is 8.81. The van der Waals surface area contributed by atoms with Crippen molar-refractivity contribution < 1.29 is 27.5 Å². The van der Waals surface area contributed by atoms with Gasteiger partial charge in [-0.25, -0.2) is 9.97 Å². The van der Waals surface area contributed by atoms with Gasteiger partial charge in [-0.3, -0.25) is 24.2 Å². The van der Waals surface area contributed by atoms with E-state index in [4.69, 9.17) is 4.74 Å². The summed E-state index contributed by atoms with van der Waals surface area (Å²) in [5.41, 5.74) is 2.77. The molecule has 13 nitrogen and oxygen atoms in total. The first kappa shape index (κ1) is 38.4. The molecule has 8 rings (SSSR count). The Balaban J connectivity index is 1.14. The summed E-state index contributed by atoms with van der Waals surface area (Å²) < 4.78 is 54.1. The molecule has 4 aromatic rings. The van der Waals surface area contributed by atoms with Gasteiger partial charge in [-0.2, -0.15) is 13.2 Å². The first-order valence-corrected chi connectivity index (χ1v) is 19.1. The molecule has 1 unspecified atom stereocenters. The Hall–Kier alpha value is -5.48. The first-order valence-electron chi connectivity index (χ1n) is 19.1. The highest BCUT2D eigenvalue weighted by Crippen LogP contribution is 2.44. The van der Waals surface area contributed by atoms with E-state index in [0.717, 1.165) is 71.1 Å². The molecular formula is C41H46F3N9O4. The van der Waals surface area contributed by atoms with Crippen LogP contribution in [-0.2, 0) is 42.1 Å². The minimum Gasteiger partial charge on any atom is -0.378 e. The van der Waals surface area contributed by atoms with Crippen molar-refractivity contribution in [3.8, 4) is 11.3 Å². The number of ether oxygens (including phenoxy) is 1. The van der Waals surface area contributed by atoms with Crippen LogP contribution in [0.1, 0.15) is 53.6 Å². The van der Waals surface area contributed by atoms with Gasteiger partial charge in [-0.1, -0.05) is 20.4 Å². The van der Waals surface area contributed by atoms with Crippen LogP contribution >= 0.6 is 0 Å². The Morgan fingerprint density at radius 2 is 1.86 bits per heavy atom. The molecule has 300 valence electrons. The molecule has 0 bridgehead atoms. The number of aryl methyl sites for hydroxylation is 2. The minimum atomic E-state index is -4.94. The van der Waals surface area contributed by atoms with E-state index in [9.17, 15) is 14.4 Å². The van der Waals surface area contributed by atoms with E-state index in [-0.39, 0.29) is 35.1 Å². The zero-order valence-corrected chi connectivity index (χ0v) is 32.7. The molecule has 2 N–H and O–H groups in total. The number of fused-ring (bicyclic) bond motifs is 3. The van der Waals surface area contributed by atoms with Gasteiger partial charge in [-0.05, 0) is 73.6 Å². The van der Waals surface area contributed by atoms with Crippen molar-refractivity contribution in [2.24, 2.45) is 12.5 Å². The summed E-state index contributed by atoms with van der Waals surface area (Å²) in [7, 11) is 1.43. The van der Waals surface area contributed by atoms with Crippen molar-refractivity contribution in [3.63, 3.8) is 0 Å². The minimum absolute atomic E-state index is 0.00440. The van der Waals surface area contributed by atoms with E-state index < -0.39 is 34.9 Å². The Morgan fingerprint density at radius 1 is 1.09 bits per heavy atom. The summed E-state index contributed by atoms with van der Waals surface area (Å²) in [5.74, 6) is -1.73. The Kier molecular flexibility index (Phi) is 9.54. The predicted octanol–water partition coefficient (Wildman–Crippen LogP) is 5.53. The molecule has 2 amide bonds. The quantitative estimate of drug-likeness (QED) is 0.222. The number of benzene rings is 1. The van der Waals surface area contributed by atoms with Crippen molar-refractivity contribution in [1.82, 2.24) is 24.0 Å². The number of carbonyl (C=O) groups excluding carboxylic acids is 2. The van der Waals surface area contributed by atoms with E-state index in [1.807, 2.05) is 17.6 Å². The van der Waals surface area contributed by atoms with Gasteiger partial charge in [-0.15, -0.1) is 0 Å². The molecule has 3 aliphatic heterocycles. The van der Waals surface area contributed by atoms with Crippen LogP contribution < -0.4 is 26.0 Å². The molecule has 1 aliphatic carbocycles. The van der Waals surface area contributed by atoms with Gasteiger partial charge in [0.25, 0.3) is 11.5 Å². The molecule has 0 saturated carbocycles. The average Bonchev–Trinajstić information content (AvgIpc) is 3.61. The Morgan fingerprint density at radius 3 is 2.54 bits per heavy atom. The molecule has 16 heteroatoms. The van der Waals surface area contributed by atoms with Crippen molar-refractivity contribution >= 4 is 40.5 Å². The van der Waals surface area contributed by atoms with Gasteiger partial charge in [0.1, 0.15) is 17.1 Å². The lowest BCUT2D eigenvalue weighted by Gasteiger charge is -2.47. The van der Waals surface area contributed by atoms with Crippen molar-refractivity contribution in [1.29, 1.82) is 0 Å². The van der Waals surface area contributed by atoms with Crippen molar-refractivity contribution in [3.05, 3.63) is 87.7 Å². The third-order valence-corrected chi connectivity index (χ3v) is 11.5. The maximum Gasteiger partial charge on any atom is 0.420 e. The number of piperazine rings is 1. The molecule has 3 aromatic heterocycles. The molecule has 0 radical (unpaired) electrons. The van der Waals surface area contributed by atoms with Crippen LogP contribution in [0, 0.1) is 12.3 Å². The maximum atomic E-state index is 15.2. The highest BCUT2D eigenvalue weighted by Gasteiger charge is 2.43. The second-order valence-corrected chi connectivity index (χ2v) is 16.3. The van der Waals surface area contributed by atoms with E-state index in [1.54, 1.807) is 12.1 Å². The number of aromatic nitrogens is 4. The molecular weight excluding hydrogens is 740 g/mol. The summed E-state index contributed by atoms with van der Waals surface area (Å²) in [6.07, 6.45) is 0.259. The SMILES string of the molecule is C=CC(=O)Nc1cc(Nc2nc(-c3ccnc(N4CCn5c(cc6c5CC(C)(C)C6)C4=O)c3C(F)(F)F)cn(C)c2=O)cc(C)c1N1CCN(C2COC2)CC1C. The standard InChI is InChI=1S/C41H46F3N9O4/c1-7-33(54)47-29-16-26(14-23(2)35(29)51-11-10-50(19-24(51)3)27-21-57-22-27)46-36-39(56)49(6)20-30(48-36)28-8-9-45-37(34(28)41(42,43)44)53-13-12-52-31(38(53)55)15-25-17-40(4,5)18-32(25)52/h7-9,14-16,20,24,27H,1,10-13,17-19,21-22H2,2-6H3,(H,46,48)(H,47,54). The number of anilines is 5. The highest BCUT2D eigenvalue weighted by atomic mass is 19.4. The highest BCUT2D eigenvalue weighted by molar-refractivity contribution is 6.06. The van der Waals surface area contributed by atoms with Crippen LogP contribution in [0.4, 0.5) is 41.9 Å². The summed E-state index contributed by atoms with van der Waals surface area (Å²) >= 11 is 0. The molecule has 2 saturated heterocycles. The Labute approximate surface area is 328 Å². The lowest BCUT2D eigenvalue weighted by molar-refractivity contribution is -0.136. The van der Waals surface area contributed by atoms with E-state index in [1.165, 1.54) is 31.6 Å². The molecule has 57 heavy (non-hydrogen) atoms. The van der Waals surface area contributed by atoms with Crippen LogP contribution in [0.5, 0.6) is 0 Å². The second-order valence-electron chi connectivity index (χ2n) is 16.3. The number of rotatable bonds is 8. The summed E-state index contributed by atoms with van der Waals surface area (Å²) in [5, 5.41) is 5.94. The smallest absolute Gasteiger partial charge is 0.378 e. The Bertz CT molecular complexity index is 2360. The van der Waals surface area contributed by atoms with E-state index in [0.29, 0.717) is 36.2 Å². The largest absolute Gasteiger partial charge is 0.420 e. The number of nitrogens with one attached hydrogen (secondary N) is 2. The first-order chi connectivity index (χ1) is 27.0. The van der Waals surface area contributed by atoms with Crippen molar-refractivity contribution in [2.75, 3.05) is 59.8 Å². The summed E-state index contributed by atoms with van der Waals surface area (Å²) in [4.78, 5) is 54.4. The van der Waals surface area contributed by atoms with Crippen LogP contribution in [0.25, 0.3) is 11.3 Å². The van der Waals surface area contributed by atoms with Crippen LogP contribution in [0.3, 0.4) is 0 Å². The molecule has 0 spiro atoms. The molecule has 4 aliphatic rings. The average molecular weight is 786 g/mol. The molecule has 1 aromatic carbocycles. The van der Waals surface area contributed by atoms with E-state index >= 15 is 13.2 Å². The number of amides is 2. The fraction of sp³-hybridized carbons (Fsp3) is 0.439. The zero-order valence-electron chi connectivity index (χ0n) is 32.7. The van der Waals surface area contributed by atoms with Gasteiger partial charge in [0, 0.05) is 75.2 Å². The lowest BCUT2D eigenvalue weighted by Crippen LogP contribution is -2.59. The molecule has 6 heterocycles. The number of pyridine rings is 1. The van der Waals surface area contributed by atoms with Gasteiger partial charge in [0.2, 0.25) is 5.91 Å². The number of nitrogens with zero attached hydrogens (tertiary/aromatic N) is 7. The maximum absolute atomic E-state index is 15.2. The third kappa shape index (κ3) is 6.98. The normalized spacial score (nSPS) is 19.6. The van der Waals surface area contributed by atoms with Gasteiger partial charge >= 0.3 is 6.18 Å². The summed E-state index contributed by atoms with van der Waals surface area (Å²) in [6.45, 7) is 16.0. The fourth-order valence-corrected chi connectivity index (χ4v) is 8.81. The van der Waals surface area contributed by atoms with Crippen LogP contribution in [0.15, 0.2) is 54.1 Å². The van der Waals surface area contributed by atoms with Gasteiger partial charge in [0.05, 0.1) is 36.3 Å². The van der Waals surface area contributed by atoms with Gasteiger partial charge in [0.15, 0.2) is 5.82 Å². The zero-order chi connectivity index (χ0) is 40.6. The third-order valence-electron chi connectivity index (χ3n) is 11.5. The van der Waals surface area contributed by atoms with Gasteiger partial charge < -0.3 is 29.4 Å². The number of halogens is 3. The van der Waals surface area contributed by atoms with Crippen molar-refractivity contribution in [2.45, 2.75) is 65.3 Å². The summed E-state index contributed by atoms with van der Waals surface area (Å²) in [6, 6.07) is 6.99. The lowest BCUT2D eigenvalue weighted by atomic mass is 9.90. The van der Waals surface area contributed by atoms with Crippen LogP contribution in [-0.4, -0.2) is 87.3 Å². The number of alkyl halides is 3. The number of hydrogen-bond donors (Lipinski definition) is 2. The predicted molar refractivity (Wildman–Crippen MR) is 211 cm³/mol. The second kappa shape index (κ2) is 14.2. The van der Waals surface area contributed by atoms with Crippen LogP contribution in [0.2, 0.25) is 0 Å². The number of hydrogen-bond acceptors (Lipinski definition) is 9.